The zero-order chi connectivity index (χ0) is 23.9. The molecule has 1 amide bonds. The van der Waals surface area contributed by atoms with Gasteiger partial charge in [-0.15, -0.1) is 0 Å². The molecule has 1 aliphatic rings. The number of rotatable bonds is 4. The Morgan fingerprint density at radius 2 is 1.85 bits per heavy atom. The van der Waals surface area contributed by atoms with Crippen LogP contribution in [0.2, 0.25) is 0 Å². The van der Waals surface area contributed by atoms with Crippen LogP contribution in [0.15, 0.2) is 65.4 Å². The number of aryl methyl sites for hydroxylation is 1. The largest absolute Gasteiger partial charge is 0.338 e. The molecular weight excluding hydrogens is 504 g/mol. The van der Waals surface area contributed by atoms with Crippen molar-refractivity contribution < 1.29 is 13.6 Å². The first-order valence-electron chi connectivity index (χ1n) is 10.9. The normalized spacial score (nSPS) is 15.5. The van der Waals surface area contributed by atoms with Crippen molar-refractivity contribution >= 4 is 39.0 Å². The van der Waals surface area contributed by atoms with Crippen molar-refractivity contribution in [3.05, 3.63) is 87.9 Å². The van der Waals surface area contributed by atoms with Gasteiger partial charge in [0.05, 0.1) is 16.4 Å². The predicted molar refractivity (Wildman–Crippen MR) is 129 cm³/mol. The topological polar surface area (TPSA) is 62.5 Å². The lowest BCUT2D eigenvalue weighted by Gasteiger charge is -2.37. The third kappa shape index (κ3) is 4.04. The second-order valence-electron chi connectivity index (χ2n) is 8.48. The summed E-state index contributed by atoms with van der Waals surface area (Å²) in [4.78, 5) is 19.5. The highest BCUT2D eigenvalue weighted by Crippen LogP contribution is 2.37. The zero-order valence-corrected chi connectivity index (χ0v) is 20.0. The smallest absolute Gasteiger partial charge is 0.259 e. The summed E-state index contributed by atoms with van der Waals surface area (Å²) in [5.41, 5.74) is 0.953. The van der Waals surface area contributed by atoms with E-state index < -0.39 is 11.5 Å². The highest BCUT2D eigenvalue weighted by Gasteiger charge is 2.38. The molecule has 0 spiro atoms. The maximum Gasteiger partial charge on any atom is 0.259 e. The van der Waals surface area contributed by atoms with Crippen molar-refractivity contribution in [3.63, 3.8) is 0 Å². The van der Waals surface area contributed by atoms with E-state index in [0.29, 0.717) is 21.5 Å². The quantitative estimate of drug-likeness (QED) is 0.366. The first-order valence-corrected chi connectivity index (χ1v) is 11.7. The van der Waals surface area contributed by atoms with E-state index in [1.807, 2.05) is 25.1 Å². The molecule has 174 valence electrons. The number of nitrogens with one attached hydrogen (secondary N) is 1. The van der Waals surface area contributed by atoms with E-state index in [-0.39, 0.29) is 43.1 Å². The third-order valence-electron chi connectivity index (χ3n) is 6.22. The highest BCUT2D eigenvalue weighted by molar-refractivity contribution is 9.10. The van der Waals surface area contributed by atoms with Crippen molar-refractivity contribution in [2.24, 2.45) is 0 Å². The van der Waals surface area contributed by atoms with E-state index in [1.165, 1.54) is 16.8 Å². The van der Waals surface area contributed by atoms with Crippen LogP contribution in [0.4, 0.5) is 20.3 Å². The van der Waals surface area contributed by atoms with Gasteiger partial charge >= 0.3 is 0 Å². The molecule has 0 bridgehead atoms. The average Bonchev–Trinajstić information content (AvgIpc) is 3.23. The molecule has 4 aromatic rings. The van der Waals surface area contributed by atoms with Crippen LogP contribution in [0.5, 0.6) is 0 Å². The maximum atomic E-state index is 15.6. The Morgan fingerprint density at radius 1 is 1.12 bits per heavy atom. The molecule has 1 aliphatic heterocycles. The Kier molecular flexibility index (Phi) is 5.81. The standard InChI is InChI=1S/C25H22BrF2N5O/c1-16-7-8-20(27)21(13-16)31-22-18(14-29-23-19(26)15-30-33(22)23)24(34)32-11-9-25(28,10-12-32)17-5-3-2-4-6-17/h2-8,13-15,31H,9-12H2,1H3. The van der Waals surface area contributed by atoms with E-state index in [0.717, 1.165) is 5.56 Å². The number of nitrogens with zero attached hydrogens (tertiary/aromatic N) is 4. The van der Waals surface area contributed by atoms with Crippen LogP contribution in [0.1, 0.15) is 34.3 Å². The van der Waals surface area contributed by atoms with Crippen molar-refractivity contribution in [2.75, 3.05) is 18.4 Å². The Balaban J connectivity index is 1.47. The summed E-state index contributed by atoms with van der Waals surface area (Å²) in [5, 5.41) is 7.35. The van der Waals surface area contributed by atoms with Crippen molar-refractivity contribution in [3.8, 4) is 0 Å². The number of aromatic nitrogens is 3. The maximum absolute atomic E-state index is 15.6. The van der Waals surface area contributed by atoms with E-state index >= 15 is 4.39 Å². The van der Waals surface area contributed by atoms with Gasteiger partial charge in [-0.3, -0.25) is 4.79 Å². The average molecular weight is 526 g/mol. The Hall–Kier alpha value is -3.33. The van der Waals surface area contributed by atoms with Gasteiger partial charge in [0, 0.05) is 32.1 Å². The minimum Gasteiger partial charge on any atom is -0.338 e. The van der Waals surface area contributed by atoms with Gasteiger partial charge < -0.3 is 10.2 Å². The van der Waals surface area contributed by atoms with Gasteiger partial charge in [0.15, 0.2) is 5.65 Å². The molecule has 0 atom stereocenters. The number of benzene rings is 2. The highest BCUT2D eigenvalue weighted by atomic mass is 79.9. The molecule has 1 fully saturated rings. The van der Waals surface area contributed by atoms with Gasteiger partial charge in [-0.2, -0.15) is 9.61 Å². The van der Waals surface area contributed by atoms with Gasteiger partial charge in [-0.1, -0.05) is 36.4 Å². The van der Waals surface area contributed by atoms with Gasteiger partial charge in [0.2, 0.25) is 0 Å². The van der Waals surface area contributed by atoms with Crippen LogP contribution in [0, 0.1) is 12.7 Å². The van der Waals surface area contributed by atoms with Crippen LogP contribution in [0.3, 0.4) is 0 Å². The first kappa shape index (κ1) is 22.5. The molecule has 1 saturated heterocycles. The fraction of sp³-hybridized carbons (Fsp3) is 0.240. The summed E-state index contributed by atoms with van der Waals surface area (Å²) in [6, 6.07) is 13.8. The van der Waals surface area contributed by atoms with Crippen molar-refractivity contribution in [1.29, 1.82) is 0 Å². The summed E-state index contributed by atoms with van der Waals surface area (Å²) in [6.45, 7) is 2.36. The number of carbonyl (C=O) groups excluding carboxylic acids is 1. The van der Waals surface area contributed by atoms with E-state index in [4.69, 9.17) is 0 Å². The Morgan fingerprint density at radius 3 is 2.59 bits per heavy atom. The summed E-state index contributed by atoms with van der Waals surface area (Å²) in [7, 11) is 0. The van der Waals surface area contributed by atoms with E-state index in [2.05, 4.69) is 31.3 Å². The molecule has 3 heterocycles. The number of likely N-dealkylation sites (tertiary alicyclic amines) is 1. The number of piperidine rings is 1. The molecule has 0 unspecified atom stereocenters. The number of fused-ring (bicyclic) bond motifs is 1. The molecule has 0 saturated carbocycles. The Bertz CT molecular complexity index is 1370. The molecule has 5 rings (SSSR count). The molecule has 34 heavy (non-hydrogen) atoms. The molecule has 1 N–H and O–H groups in total. The number of carbonyl (C=O) groups is 1. The molecule has 2 aromatic carbocycles. The van der Waals surface area contributed by atoms with Crippen molar-refractivity contribution in [1.82, 2.24) is 19.5 Å². The number of amides is 1. The molecular formula is C25H22BrF2N5O. The van der Waals surface area contributed by atoms with Gasteiger partial charge in [0.25, 0.3) is 5.91 Å². The van der Waals surface area contributed by atoms with E-state index in [9.17, 15) is 9.18 Å². The van der Waals surface area contributed by atoms with Crippen LogP contribution in [-0.4, -0.2) is 38.5 Å². The predicted octanol–water partition coefficient (Wildman–Crippen LogP) is 5.78. The summed E-state index contributed by atoms with van der Waals surface area (Å²) in [5.74, 6) is -0.472. The SMILES string of the molecule is Cc1ccc(F)c(Nc2c(C(=O)N3CCC(F)(c4ccccc4)CC3)cnc3c(Br)cnn23)c1. The number of anilines is 2. The first-order chi connectivity index (χ1) is 16.4. The monoisotopic (exact) mass is 525 g/mol. The summed E-state index contributed by atoms with van der Waals surface area (Å²) in [6.07, 6.45) is 3.41. The summed E-state index contributed by atoms with van der Waals surface area (Å²) >= 11 is 3.40. The molecule has 6 nitrogen and oxygen atoms in total. The second kappa shape index (κ2) is 8.79. The lowest BCUT2D eigenvalue weighted by Crippen LogP contribution is -2.43. The van der Waals surface area contributed by atoms with Gasteiger partial charge in [-0.25, -0.2) is 13.8 Å². The lowest BCUT2D eigenvalue weighted by molar-refractivity contribution is 0.0421. The van der Waals surface area contributed by atoms with Crippen LogP contribution < -0.4 is 5.32 Å². The minimum atomic E-state index is -1.47. The van der Waals surface area contributed by atoms with Crippen LogP contribution in [-0.2, 0) is 5.67 Å². The minimum absolute atomic E-state index is 0.195. The number of hydrogen-bond acceptors (Lipinski definition) is 4. The number of hydrogen-bond donors (Lipinski definition) is 1. The van der Waals surface area contributed by atoms with Crippen LogP contribution >= 0.6 is 15.9 Å². The zero-order valence-electron chi connectivity index (χ0n) is 18.4. The van der Waals surface area contributed by atoms with Gasteiger partial charge in [0.1, 0.15) is 22.9 Å². The third-order valence-corrected chi connectivity index (χ3v) is 6.78. The van der Waals surface area contributed by atoms with E-state index in [1.54, 1.807) is 35.4 Å². The van der Waals surface area contributed by atoms with Crippen molar-refractivity contribution in [2.45, 2.75) is 25.4 Å². The van der Waals surface area contributed by atoms with Crippen LogP contribution in [0.25, 0.3) is 5.65 Å². The molecule has 0 radical (unpaired) electrons. The lowest BCUT2D eigenvalue weighted by atomic mass is 9.86. The number of alkyl halides is 1. The Labute approximate surface area is 203 Å². The molecule has 0 aliphatic carbocycles. The molecule has 9 heteroatoms. The number of halogens is 3. The summed E-state index contributed by atoms with van der Waals surface area (Å²) < 4.78 is 32.2. The fourth-order valence-electron chi connectivity index (χ4n) is 4.30. The second-order valence-corrected chi connectivity index (χ2v) is 9.33. The van der Waals surface area contributed by atoms with Gasteiger partial charge in [-0.05, 0) is 46.1 Å². The fourth-order valence-corrected chi connectivity index (χ4v) is 4.66. The molecule has 2 aromatic heterocycles.